The molecule has 1 heterocycles. The molecule has 10 heavy (non-hydrogen) atoms. The van der Waals surface area contributed by atoms with E-state index >= 15 is 0 Å². The van der Waals surface area contributed by atoms with E-state index in [-0.39, 0.29) is 0 Å². The molecule has 0 spiro atoms. The molecule has 0 aromatic carbocycles. The van der Waals surface area contributed by atoms with Crippen LogP contribution in [0.1, 0.15) is 26.7 Å². The molecule has 1 aliphatic heterocycles. The van der Waals surface area contributed by atoms with E-state index in [4.69, 9.17) is 0 Å². The predicted molar refractivity (Wildman–Crippen MR) is 42.5 cm³/mol. The van der Waals surface area contributed by atoms with Gasteiger partial charge in [-0.3, -0.25) is 0 Å². The maximum Gasteiger partial charge on any atom is -0.0142 e. The summed E-state index contributed by atoms with van der Waals surface area (Å²) in [5, 5.41) is 11.9. The molecule has 0 aromatic rings. The third-order valence-corrected chi connectivity index (χ3v) is 2.44. The Morgan fingerprint density at radius 2 is 1.80 bits per heavy atom. The molecule has 60 valence electrons. The first-order chi connectivity index (χ1) is 4.70. The summed E-state index contributed by atoms with van der Waals surface area (Å²) in [7, 11) is 0. The second-order valence-electron chi connectivity index (χ2n) is 3.51. The quantitative estimate of drug-likeness (QED) is 0.558. The van der Waals surface area contributed by atoms with E-state index in [2.05, 4.69) is 13.8 Å². The minimum atomic E-state index is 0.753. The topological polar surface area (TPSA) is 26.3 Å². The Morgan fingerprint density at radius 3 is 2.20 bits per heavy atom. The fourth-order valence-corrected chi connectivity index (χ4v) is 1.54. The van der Waals surface area contributed by atoms with Gasteiger partial charge in [-0.1, -0.05) is 13.8 Å². The van der Waals surface area contributed by atoms with Crippen LogP contribution in [0.15, 0.2) is 0 Å². The lowest BCUT2D eigenvalue weighted by Gasteiger charge is -2.37. The van der Waals surface area contributed by atoms with Crippen LogP contribution in [0.4, 0.5) is 0 Å². The Bertz CT molecular complexity index is 95.4. The van der Waals surface area contributed by atoms with Crippen LogP contribution < -0.4 is 0 Å². The predicted octanol–water partition coefficient (Wildman–Crippen LogP) is 1.85. The molecule has 2 heteroatoms. The second-order valence-corrected chi connectivity index (χ2v) is 3.51. The molecule has 1 saturated heterocycles. The fourth-order valence-electron chi connectivity index (χ4n) is 1.54. The first-order valence-electron chi connectivity index (χ1n) is 4.12. The Balaban J connectivity index is 2.26. The normalized spacial score (nSPS) is 24.0. The molecule has 0 aromatic heterocycles. The lowest BCUT2D eigenvalue weighted by molar-refractivity contribution is 0.203. The summed E-state index contributed by atoms with van der Waals surface area (Å²) >= 11 is 0. The van der Waals surface area contributed by atoms with Gasteiger partial charge >= 0.3 is 0 Å². The third-order valence-electron chi connectivity index (χ3n) is 2.44. The van der Waals surface area contributed by atoms with Gasteiger partial charge in [0.15, 0.2) is 0 Å². The van der Waals surface area contributed by atoms with Gasteiger partial charge in [0, 0.05) is 0 Å². The summed E-state index contributed by atoms with van der Waals surface area (Å²) in [6.07, 6.45) is 2.20. The molecule has 0 bridgehead atoms. The first-order valence-corrected chi connectivity index (χ1v) is 4.12. The second kappa shape index (κ2) is 3.35. The Morgan fingerprint density at radius 1 is 1.30 bits per heavy atom. The Kier molecular flexibility index (Phi) is 2.69. The highest BCUT2D eigenvalue weighted by atomic mass is 16.5. The zero-order chi connectivity index (χ0) is 7.56. The first kappa shape index (κ1) is 8.02. The van der Waals surface area contributed by atoms with Gasteiger partial charge < -0.3 is 10.3 Å². The van der Waals surface area contributed by atoms with Crippen molar-refractivity contribution in [3.8, 4) is 0 Å². The van der Waals surface area contributed by atoms with Crippen molar-refractivity contribution in [1.29, 1.82) is 0 Å². The molecule has 0 atom stereocenters. The summed E-state index contributed by atoms with van der Waals surface area (Å²) in [5.74, 6) is 1.55. The van der Waals surface area contributed by atoms with E-state index in [1.54, 1.807) is 0 Å². The van der Waals surface area contributed by atoms with Crippen LogP contribution >= 0.6 is 0 Å². The van der Waals surface area contributed by atoms with Crippen LogP contribution in [-0.2, 0) is 0 Å². The summed E-state index contributed by atoms with van der Waals surface area (Å²) in [5.41, 5.74) is 0. The van der Waals surface area contributed by atoms with E-state index in [0.29, 0.717) is 0 Å². The largest absolute Gasteiger partial charge is 0.785 e. The van der Waals surface area contributed by atoms with E-state index in [1.807, 2.05) is 0 Å². The summed E-state index contributed by atoms with van der Waals surface area (Å²) in [4.78, 5) is 0. The maximum atomic E-state index is 10.7. The minimum Gasteiger partial charge on any atom is -0.785 e. The van der Waals surface area contributed by atoms with Crippen LogP contribution in [0.2, 0.25) is 0 Å². The van der Waals surface area contributed by atoms with Crippen molar-refractivity contribution in [2.75, 3.05) is 13.1 Å². The third kappa shape index (κ3) is 1.96. The molecule has 0 saturated carbocycles. The van der Waals surface area contributed by atoms with Crippen molar-refractivity contribution in [2.24, 2.45) is 11.8 Å². The van der Waals surface area contributed by atoms with Crippen molar-refractivity contribution in [1.82, 2.24) is 5.06 Å². The van der Waals surface area contributed by atoms with E-state index in [1.165, 1.54) is 5.06 Å². The molecule has 0 aliphatic carbocycles. The van der Waals surface area contributed by atoms with Crippen LogP contribution in [0.5, 0.6) is 0 Å². The number of hydrogen-bond donors (Lipinski definition) is 0. The molecular formula is C8H16NO-. The lowest BCUT2D eigenvalue weighted by Crippen LogP contribution is -2.30. The van der Waals surface area contributed by atoms with Crippen molar-refractivity contribution in [3.63, 3.8) is 0 Å². The summed E-state index contributed by atoms with van der Waals surface area (Å²) in [6.45, 7) is 5.99. The molecule has 0 N–H and O–H groups in total. The molecule has 1 aliphatic rings. The fraction of sp³-hybridized carbons (Fsp3) is 1.00. The monoisotopic (exact) mass is 142 g/mol. The standard InChI is InChI=1S/C8H16NO/c1-7(2)8-3-5-9(10)6-4-8/h7-8H,3-6H2,1-2H3/q-1. The Hall–Kier alpha value is -0.0800. The molecule has 2 nitrogen and oxygen atoms in total. The number of hydroxylamine groups is 2. The van der Waals surface area contributed by atoms with Gasteiger partial charge in [0.2, 0.25) is 0 Å². The smallest absolute Gasteiger partial charge is 0.0142 e. The minimum absolute atomic E-state index is 0.753. The summed E-state index contributed by atoms with van der Waals surface area (Å²) < 4.78 is 0. The number of rotatable bonds is 1. The van der Waals surface area contributed by atoms with Gasteiger partial charge in [-0.25, -0.2) is 0 Å². The van der Waals surface area contributed by atoms with Gasteiger partial charge in [0.05, 0.1) is 0 Å². The van der Waals surface area contributed by atoms with Gasteiger partial charge in [0.25, 0.3) is 0 Å². The summed E-state index contributed by atoms with van der Waals surface area (Å²) in [6, 6.07) is 0. The van der Waals surface area contributed by atoms with Crippen molar-refractivity contribution in [2.45, 2.75) is 26.7 Å². The van der Waals surface area contributed by atoms with Gasteiger partial charge in [0.1, 0.15) is 0 Å². The maximum absolute atomic E-state index is 10.7. The highest BCUT2D eigenvalue weighted by molar-refractivity contribution is 4.73. The van der Waals surface area contributed by atoms with Crippen molar-refractivity contribution < 1.29 is 0 Å². The van der Waals surface area contributed by atoms with E-state index < -0.39 is 0 Å². The van der Waals surface area contributed by atoms with Gasteiger partial charge in [-0.2, -0.15) is 0 Å². The zero-order valence-corrected chi connectivity index (χ0v) is 6.84. The molecular weight excluding hydrogens is 126 g/mol. The van der Waals surface area contributed by atoms with Crippen LogP contribution in [-0.4, -0.2) is 18.2 Å². The van der Waals surface area contributed by atoms with Crippen LogP contribution in [0.3, 0.4) is 0 Å². The van der Waals surface area contributed by atoms with Crippen molar-refractivity contribution >= 4 is 0 Å². The molecule has 0 radical (unpaired) electrons. The molecule has 1 fully saturated rings. The van der Waals surface area contributed by atoms with Gasteiger partial charge in [-0.05, 0) is 37.8 Å². The number of piperidine rings is 1. The highest BCUT2D eigenvalue weighted by Crippen LogP contribution is 2.23. The molecule has 0 unspecified atom stereocenters. The van der Waals surface area contributed by atoms with Crippen LogP contribution in [0, 0.1) is 17.0 Å². The molecule has 0 amide bonds. The molecule has 1 rings (SSSR count). The average molecular weight is 142 g/mol. The lowest BCUT2D eigenvalue weighted by atomic mass is 9.87. The van der Waals surface area contributed by atoms with Crippen LogP contribution in [0.25, 0.3) is 0 Å². The average Bonchev–Trinajstić information content (AvgIpc) is 1.88. The zero-order valence-electron chi connectivity index (χ0n) is 6.84. The number of nitrogens with zero attached hydrogens (tertiary/aromatic N) is 1. The SMILES string of the molecule is CC(C)C1CCN([O-])CC1. The Labute approximate surface area is 62.8 Å². The highest BCUT2D eigenvalue weighted by Gasteiger charge is 2.16. The number of hydrogen-bond acceptors (Lipinski definition) is 2. The van der Waals surface area contributed by atoms with E-state index in [9.17, 15) is 5.21 Å². The van der Waals surface area contributed by atoms with E-state index in [0.717, 1.165) is 37.8 Å². The van der Waals surface area contributed by atoms with Crippen molar-refractivity contribution in [3.05, 3.63) is 5.21 Å². The van der Waals surface area contributed by atoms with Gasteiger partial charge in [-0.15, -0.1) is 0 Å².